The van der Waals surface area contributed by atoms with Crippen molar-refractivity contribution in [1.29, 1.82) is 0 Å². The van der Waals surface area contributed by atoms with Crippen LogP contribution in [0.1, 0.15) is 39.5 Å². The van der Waals surface area contributed by atoms with Crippen LogP contribution in [0.2, 0.25) is 0 Å². The predicted octanol–water partition coefficient (Wildman–Crippen LogP) is 1.97. The molecule has 1 saturated heterocycles. The Kier molecular flexibility index (Phi) is 8.06. The molecule has 0 bridgehead atoms. The summed E-state index contributed by atoms with van der Waals surface area (Å²) in [5.74, 6) is -0.436. The van der Waals surface area contributed by atoms with Crippen LogP contribution in [-0.2, 0) is 14.8 Å². The fourth-order valence-electron chi connectivity index (χ4n) is 2.67. The van der Waals surface area contributed by atoms with E-state index in [9.17, 15) is 18.0 Å². The molecule has 0 radical (unpaired) electrons. The number of urea groups is 1. The highest BCUT2D eigenvalue weighted by atomic mass is 32.2. The molecule has 1 atom stereocenters. The van der Waals surface area contributed by atoms with E-state index in [0.717, 1.165) is 37.4 Å². The van der Waals surface area contributed by atoms with E-state index >= 15 is 0 Å². The normalized spacial score (nSPS) is 17.0. The second kappa shape index (κ2) is 10.0. The van der Waals surface area contributed by atoms with Crippen LogP contribution in [0.3, 0.4) is 0 Å². The molecule has 1 aromatic heterocycles. The summed E-state index contributed by atoms with van der Waals surface area (Å²) < 4.78 is 27.0. The molecule has 1 aliphatic heterocycles. The molecule has 0 saturated carbocycles. The minimum Gasteiger partial charge on any atom is -0.338 e. The molecule has 1 fully saturated rings. The highest BCUT2D eigenvalue weighted by Crippen LogP contribution is 2.24. The zero-order chi connectivity index (χ0) is 19.9. The van der Waals surface area contributed by atoms with Crippen LogP contribution in [0.15, 0.2) is 28.3 Å². The fraction of sp³-hybridized carbons (Fsp3) is 0.588. The van der Waals surface area contributed by atoms with Gasteiger partial charge in [0.15, 0.2) is 0 Å². The quantitative estimate of drug-likeness (QED) is 0.689. The van der Waals surface area contributed by atoms with E-state index < -0.39 is 27.2 Å². The lowest BCUT2D eigenvalue weighted by Crippen LogP contribution is -2.42. The Morgan fingerprint density at radius 1 is 1.22 bits per heavy atom. The third-order valence-electron chi connectivity index (χ3n) is 4.15. The van der Waals surface area contributed by atoms with Crippen molar-refractivity contribution in [3.05, 3.63) is 18.3 Å². The molecular formula is C17H26N4O4S2. The Bertz CT molecular complexity index is 745. The van der Waals surface area contributed by atoms with Crippen LogP contribution < -0.4 is 10.6 Å². The lowest BCUT2D eigenvalue weighted by atomic mass is 10.2. The van der Waals surface area contributed by atoms with Crippen molar-refractivity contribution in [3.8, 4) is 0 Å². The number of carbonyl (C=O) groups is 2. The Morgan fingerprint density at radius 3 is 2.44 bits per heavy atom. The van der Waals surface area contributed by atoms with Crippen LogP contribution >= 0.6 is 11.8 Å². The van der Waals surface area contributed by atoms with E-state index in [1.807, 2.05) is 0 Å². The summed E-state index contributed by atoms with van der Waals surface area (Å²) in [6, 6.07) is 2.57. The molecule has 0 aromatic carbocycles. The van der Waals surface area contributed by atoms with Gasteiger partial charge in [-0.15, -0.1) is 0 Å². The monoisotopic (exact) mass is 414 g/mol. The lowest BCUT2D eigenvalue weighted by molar-refractivity contribution is -0.119. The van der Waals surface area contributed by atoms with Crippen molar-refractivity contribution in [1.82, 2.24) is 19.9 Å². The average Bonchev–Trinajstić information content (AvgIpc) is 2.92. The van der Waals surface area contributed by atoms with Crippen LogP contribution in [0, 0.1) is 0 Å². The number of hydrogen-bond acceptors (Lipinski definition) is 6. The third-order valence-corrected chi connectivity index (χ3v) is 7.09. The van der Waals surface area contributed by atoms with Gasteiger partial charge >= 0.3 is 6.03 Å². The summed E-state index contributed by atoms with van der Waals surface area (Å²) in [5, 5.41) is 4.70. The minimum absolute atomic E-state index is 0.160. The van der Waals surface area contributed by atoms with Gasteiger partial charge in [0.05, 0.1) is 10.3 Å². The van der Waals surface area contributed by atoms with Gasteiger partial charge in [0.1, 0.15) is 4.90 Å². The maximum Gasteiger partial charge on any atom is 0.321 e. The Labute approximate surface area is 164 Å². The summed E-state index contributed by atoms with van der Waals surface area (Å²) >= 11 is 1.16. The number of aromatic nitrogens is 1. The van der Waals surface area contributed by atoms with Gasteiger partial charge in [0, 0.05) is 25.8 Å². The summed E-state index contributed by atoms with van der Waals surface area (Å²) in [6.07, 6.45) is 5.18. The molecule has 150 valence electrons. The van der Waals surface area contributed by atoms with Crippen LogP contribution in [-0.4, -0.2) is 54.5 Å². The van der Waals surface area contributed by atoms with Crippen molar-refractivity contribution in [2.75, 3.05) is 19.6 Å². The molecule has 1 aromatic rings. The molecule has 8 nitrogen and oxygen atoms in total. The van der Waals surface area contributed by atoms with Gasteiger partial charge < -0.3 is 5.32 Å². The molecule has 10 heteroatoms. The van der Waals surface area contributed by atoms with Gasteiger partial charge in [0.2, 0.25) is 15.9 Å². The molecule has 2 N–H and O–H groups in total. The van der Waals surface area contributed by atoms with Crippen LogP contribution in [0.5, 0.6) is 0 Å². The van der Waals surface area contributed by atoms with Gasteiger partial charge in [-0.25, -0.2) is 18.2 Å². The van der Waals surface area contributed by atoms with Crippen LogP contribution in [0.25, 0.3) is 0 Å². The first-order chi connectivity index (χ1) is 12.8. The Hall–Kier alpha value is -1.65. The lowest BCUT2D eigenvalue weighted by Gasteiger charge is -2.19. The first kappa shape index (κ1) is 21.6. The molecule has 2 heterocycles. The fourth-order valence-corrected chi connectivity index (χ4v) is 4.92. The van der Waals surface area contributed by atoms with Gasteiger partial charge in [-0.05, 0) is 38.8 Å². The Balaban J connectivity index is 1.99. The van der Waals surface area contributed by atoms with E-state index in [1.165, 1.54) is 16.6 Å². The maximum absolute atomic E-state index is 12.7. The van der Waals surface area contributed by atoms with E-state index in [0.29, 0.717) is 24.7 Å². The maximum atomic E-state index is 12.7. The van der Waals surface area contributed by atoms with Gasteiger partial charge in [-0.1, -0.05) is 24.6 Å². The standard InChI is InChI=1S/C17H26N4O4S2/c1-3-18-17(23)20-16(22)13(2)26-15-9-8-14(12-19-15)27(24,25)21-10-6-4-5-7-11-21/h8-9,12-13H,3-7,10-11H2,1-2H3,(H2,18,20,22,23)/t13-/m0/s1. The topological polar surface area (TPSA) is 108 Å². The van der Waals surface area contributed by atoms with E-state index in [2.05, 4.69) is 15.6 Å². The largest absolute Gasteiger partial charge is 0.338 e. The molecule has 0 unspecified atom stereocenters. The van der Waals surface area contributed by atoms with E-state index in [-0.39, 0.29) is 4.90 Å². The molecule has 1 aliphatic rings. The van der Waals surface area contributed by atoms with E-state index in [4.69, 9.17) is 0 Å². The predicted molar refractivity (Wildman–Crippen MR) is 104 cm³/mol. The molecule has 3 amide bonds. The SMILES string of the molecule is CCNC(=O)NC(=O)[C@H](C)Sc1ccc(S(=O)(=O)N2CCCCCC2)cn1. The van der Waals surface area contributed by atoms with Gasteiger partial charge in [-0.2, -0.15) is 4.31 Å². The number of pyridine rings is 1. The zero-order valence-corrected chi connectivity index (χ0v) is 17.2. The first-order valence-electron chi connectivity index (χ1n) is 9.06. The van der Waals surface area contributed by atoms with Crippen molar-refractivity contribution in [2.24, 2.45) is 0 Å². The average molecular weight is 415 g/mol. The summed E-state index contributed by atoms with van der Waals surface area (Å²) in [6.45, 7) is 4.91. The third kappa shape index (κ3) is 6.18. The van der Waals surface area contributed by atoms with Gasteiger partial charge in [0.25, 0.3) is 0 Å². The molecule has 0 aliphatic carbocycles. The summed E-state index contributed by atoms with van der Waals surface area (Å²) in [7, 11) is -3.54. The molecule has 27 heavy (non-hydrogen) atoms. The number of amides is 3. The number of carbonyl (C=O) groups excluding carboxylic acids is 2. The smallest absolute Gasteiger partial charge is 0.321 e. The van der Waals surface area contributed by atoms with Crippen molar-refractivity contribution < 1.29 is 18.0 Å². The summed E-state index contributed by atoms with van der Waals surface area (Å²) in [4.78, 5) is 27.7. The molecule has 2 rings (SSSR count). The molecule has 0 spiro atoms. The first-order valence-corrected chi connectivity index (χ1v) is 11.4. The summed E-state index contributed by atoms with van der Waals surface area (Å²) in [5.41, 5.74) is 0. The van der Waals surface area contributed by atoms with Crippen molar-refractivity contribution in [3.63, 3.8) is 0 Å². The number of nitrogens with one attached hydrogen (secondary N) is 2. The molecular weight excluding hydrogens is 388 g/mol. The number of nitrogens with zero attached hydrogens (tertiary/aromatic N) is 2. The Morgan fingerprint density at radius 2 is 1.89 bits per heavy atom. The second-order valence-electron chi connectivity index (χ2n) is 6.26. The highest BCUT2D eigenvalue weighted by Gasteiger charge is 2.25. The number of thioether (sulfide) groups is 1. The number of sulfonamides is 1. The van der Waals surface area contributed by atoms with E-state index in [1.54, 1.807) is 19.9 Å². The minimum atomic E-state index is -3.54. The van der Waals surface area contributed by atoms with Crippen LogP contribution in [0.4, 0.5) is 4.79 Å². The number of hydrogen-bond donors (Lipinski definition) is 2. The van der Waals surface area contributed by atoms with Gasteiger partial charge in [-0.3, -0.25) is 10.1 Å². The van der Waals surface area contributed by atoms with Crippen molar-refractivity contribution >= 4 is 33.7 Å². The second-order valence-corrected chi connectivity index (χ2v) is 9.56. The van der Waals surface area contributed by atoms with Crippen molar-refractivity contribution in [2.45, 2.75) is 54.7 Å². The number of rotatable bonds is 6. The highest BCUT2D eigenvalue weighted by molar-refractivity contribution is 8.00. The number of imide groups is 1. The zero-order valence-electron chi connectivity index (χ0n) is 15.6.